The predicted octanol–water partition coefficient (Wildman–Crippen LogP) is 4.13. The molecular weight excluding hydrogens is 442 g/mol. The van der Waals surface area contributed by atoms with Gasteiger partial charge >= 0.3 is 0 Å². The van der Waals surface area contributed by atoms with E-state index in [1.54, 1.807) is 12.4 Å². The molecule has 1 aliphatic carbocycles. The first-order chi connectivity index (χ1) is 17.1. The summed E-state index contributed by atoms with van der Waals surface area (Å²) in [7, 11) is 2.15. The summed E-state index contributed by atoms with van der Waals surface area (Å²) in [6, 6.07) is 11.3. The lowest BCUT2D eigenvalue weighted by Gasteiger charge is -2.32. The first kappa shape index (κ1) is 23.4. The number of carbonyl (C=O) groups is 1. The fourth-order valence-electron chi connectivity index (χ4n) is 4.97. The Labute approximate surface area is 205 Å². The number of hydrogen-bond acceptors (Lipinski definition) is 7. The van der Waals surface area contributed by atoms with Crippen LogP contribution in [0.15, 0.2) is 58.4 Å². The minimum atomic E-state index is -0.268. The lowest BCUT2D eigenvalue weighted by molar-refractivity contribution is 0.0922. The molecule has 0 spiro atoms. The van der Waals surface area contributed by atoms with Crippen LogP contribution in [0.5, 0.6) is 0 Å². The number of benzene rings is 1. The van der Waals surface area contributed by atoms with E-state index in [1.165, 1.54) is 0 Å². The molecule has 1 atom stereocenters. The molecule has 0 radical (unpaired) electrons. The van der Waals surface area contributed by atoms with E-state index in [-0.39, 0.29) is 11.9 Å². The van der Waals surface area contributed by atoms with Crippen LogP contribution in [0.25, 0.3) is 22.5 Å². The summed E-state index contributed by atoms with van der Waals surface area (Å²) >= 11 is 0. The third kappa shape index (κ3) is 5.18. The normalized spacial score (nSPS) is 18.4. The number of fused-ring (bicyclic) bond motifs is 1. The number of aromatic nitrogens is 1. The molecule has 5 rings (SSSR count). The number of likely N-dealkylation sites (N-methyl/N-ethyl adjacent to an activating group) is 1. The van der Waals surface area contributed by atoms with Gasteiger partial charge in [0.05, 0.1) is 0 Å². The van der Waals surface area contributed by atoms with Crippen molar-refractivity contribution in [2.45, 2.75) is 25.3 Å². The van der Waals surface area contributed by atoms with Crippen molar-refractivity contribution in [3.63, 3.8) is 0 Å². The molecule has 0 saturated carbocycles. The van der Waals surface area contributed by atoms with E-state index in [4.69, 9.17) is 4.42 Å². The zero-order valence-electron chi connectivity index (χ0n) is 20.1. The van der Waals surface area contributed by atoms with Gasteiger partial charge in [-0.2, -0.15) is 4.91 Å². The molecule has 2 aromatic heterocycles. The zero-order valence-corrected chi connectivity index (χ0v) is 20.1. The monoisotopic (exact) mass is 473 g/mol. The van der Waals surface area contributed by atoms with E-state index >= 15 is 0 Å². The molecule has 8 heteroatoms. The van der Waals surface area contributed by atoms with Gasteiger partial charge < -0.3 is 19.5 Å². The van der Waals surface area contributed by atoms with Crippen molar-refractivity contribution < 1.29 is 9.21 Å². The molecule has 1 N–H and O–H groups in total. The molecule has 3 aromatic rings. The first-order valence-electron chi connectivity index (χ1n) is 12.3. The molecule has 0 bridgehead atoms. The van der Waals surface area contributed by atoms with Crippen molar-refractivity contribution in [3.8, 4) is 22.5 Å². The number of rotatable bonds is 8. The highest BCUT2D eigenvalue weighted by Gasteiger charge is 2.25. The van der Waals surface area contributed by atoms with Gasteiger partial charge in [-0.15, -0.1) is 0 Å². The molecule has 1 fully saturated rings. The van der Waals surface area contributed by atoms with Crippen LogP contribution in [0, 0.1) is 4.91 Å². The number of pyridine rings is 1. The minimum Gasteiger partial charge on any atom is -0.450 e. The number of aryl methyl sites for hydroxylation is 1. The highest BCUT2D eigenvalue weighted by Crippen LogP contribution is 2.40. The number of amides is 1. The maximum absolute atomic E-state index is 13.0. The number of hydrogen-bond donors (Lipinski definition) is 1. The van der Waals surface area contributed by atoms with Crippen LogP contribution < -0.4 is 5.32 Å². The molecule has 1 saturated heterocycles. The van der Waals surface area contributed by atoms with Crippen molar-refractivity contribution >= 4 is 5.91 Å². The highest BCUT2D eigenvalue weighted by atomic mass is 16.4. The Kier molecular flexibility index (Phi) is 7.01. The third-order valence-corrected chi connectivity index (χ3v) is 7.06. The number of carbonyl (C=O) groups excluding carboxylic acids is 1. The Morgan fingerprint density at radius 2 is 1.91 bits per heavy atom. The molecule has 1 amide bonds. The van der Waals surface area contributed by atoms with Crippen molar-refractivity contribution in [1.82, 2.24) is 20.1 Å². The maximum atomic E-state index is 13.0. The largest absolute Gasteiger partial charge is 0.450 e. The second-order valence-corrected chi connectivity index (χ2v) is 9.42. The standard InChI is InChI=1S/C27H31N5O3/c1-31-13-15-32(16-14-31)12-2-9-29-27(33)25-18-23(26(35-25)19-7-10-28-11-8-19)21-3-5-22-20(17-21)4-6-24(22)30-34/h3,5,7-8,10-11,17-18,24H,2,4,6,9,12-16H2,1H3,(H,29,33). The molecule has 35 heavy (non-hydrogen) atoms. The van der Waals surface area contributed by atoms with Gasteiger partial charge in [0.15, 0.2) is 5.76 Å². The molecule has 1 unspecified atom stereocenters. The fraction of sp³-hybridized carbons (Fsp3) is 0.407. The quantitative estimate of drug-likeness (QED) is 0.391. The second kappa shape index (κ2) is 10.5. The zero-order chi connectivity index (χ0) is 24.2. The van der Waals surface area contributed by atoms with Crippen LogP contribution >= 0.6 is 0 Å². The van der Waals surface area contributed by atoms with Crippen LogP contribution in [0.4, 0.5) is 0 Å². The maximum Gasteiger partial charge on any atom is 0.287 e. The van der Waals surface area contributed by atoms with Crippen molar-refractivity contribution in [1.29, 1.82) is 0 Å². The number of piperazine rings is 1. The molecule has 1 aromatic carbocycles. The summed E-state index contributed by atoms with van der Waals surface area (Å²) in [6.45, 7) is 5.91. The van der Waals surface area contributed by atoms with Crippen LogP contribution in [-0.2, 0) is 6.42 Å². The van der Waals surface area contributed by atoms with Crippen molar-refractivity contribution in [3.05, 3.63) is 70.6 Å². The molecule has 1 aliphatic heterocycles. The van der Waals surface area contributed by atoms with Crippen LogP contribution in [0.1, 0.15) is 40.6 Å². The van der Waals surface area contributed by atoms with Gasteiger partial charge in [-0.3, -0.25) is 9.78 Å². The number of nitrogens with zero attached hydrogens (tertiary/aromatic N) is 4. The topological polar surface area (TPSA) is 91.0 Å². The van der Waals surface area contributed by atoms with Gasteiger partial charge in [0, 0.05) is 56.2 Å². The van der Waals surface area contributed by atoms with Crippen LogP contribution in [0.3, 0.4) is 0 Å². The van der Waals surface area contributed by atoms with E-state index < -0.39 is 0 Å². The van der Waals surface area contributed by atoms with Gasteiger partial charge in [0.1, 0.15) is 11.8 Å². The van der Waals surface area contributed by atoms with Gasteiger partial charge in [0.25, 0.3) is 5.91 Å². The molecule has 3 heterocycles. The minimum absolute atomic E-state index is 0.212. The fourth-order valence-corrected chi connectivity index (χ4v) is 4.97. The van der Waals surface area contributed by atoms with Gasteiger partial charge in [-0.05, 0) is 67.7 Å². The van der Waals surface area contributed by atoms with E-state index in [1.807, 2.05) is 30.3 Å². The Bertz CT molecular complexity index is 1180. The molecule has 8 nitrogen and oxygen atoms in total. The average Bonchev–Trinajstić information content (AvgIpc) is 3.52. The van der Waals surface area contributed by atoms with Crippen LogP contribution in [0.2, 0.25) is 0 Å². The first-order valence-corrected chi connectivity index (χ1v) is 12.3. The van der Waals surface area contributed by atoms with Gasteiger partial charge in [0.2, 0.25) is 0 Å². The van der Waals surface area contributed by atoms with Crippen LogP contribution in [-0.4, -0.2) is 67.0 Å². The number of nitroso groups, excluding NO2 is 1. The highest BCUT2D eigenvalue weighted by molar-refractivity contribution is 5.95. The number of nitrogens with one attached hydrogen (secondary N) is 1. The summed E-state index contributed by atoms with van der Waals surface area (Å²) in [6.07, 6.45) is 5.89. The van der Waals surface area contributed by atoms with E-state index in [2.05, 4.69) is 38.4 Å². The lowest BCUT2D eigenvalue weighted by atomic mass is 9.98. The molecule has 2 aliphatic rings. The Morgan fingerprint density at radius 1 is 1.11 bits per heavy atom. The van der Waals surface area contributed by atoms with E-state index in [0.717, 1.165) is 79.8 Å². The smallest absolute Gasteiger partial charge is 0.287 e. The van der Waals surface area contributed by atoms with Gasteiger partial charge in [-0.1, -0.05) is 23.4 Å². The SMILES string of the molecule is CN1CCN(CCCNC(=O)c2cc(-c3ccc4c(c3)CCC4N=O)c(-c3ccncc3)o2)CC1. The molecular formula is C27H31N5O3. The summed E-state index contributed by atoms with van der Waals surface area (Å²) in [5, 5.41) is 6.28. The second-order valence-electron chi connectivity index (χ2n) is 9.42. The lowest BCUT2D eigenvalue weighted by Crippen LogP contribution is -2.45. The Hall–Kier alpha value is -3.36. The summed E-state index contributed by atoms with van der Waals surface area (Å²) < 4.78 is 6.11. The third-order valence-electron chi connectivity index (χ3n) is 7.06. The summed E-state index contributed by atoms with van der Waals surface area (Å²) in [5.41, 5.74) is 4.79. The van der Waals surface area contributed by atoms with E-state index in [0.29, 0.717) is 18.1 Å². The number of furan rings is 1. The van der Waals surface area contributed by atoms with Crippen molar-refractivity contribution in [2.75, 3.05) is 46.3 Å². The average molecular weight is 474 g/mol. The van der Waals surface area contributed by atoms with Crippen molar-refractivity contribution in [2.24, 2.45) is 5.18 Å². The summed E-state index contributed by atoms with van der Waals surface area (Å²) in [5.74, 6) is 0.716. The van der Waals surface area contributed by atoms with Gasteiger partial charge in [-0.25, -0.2) is 0 Å². The Balaban J connectivity index is 1.32. The van der Waals surface area contributed by atoms with E-state index in [9.17, 15) is 9.70 Å². The summed E-state index contributed by atoms with van der Waals surface area (Å²) in [4.78, 5) is 33.0. The predicted molar refractivity (Wildman–Crippen MR) is 135 cm³/mol. The molecule has 182 valence electrons. The Morgan fingerprint density at radius 3 is 2.69 bits per heavy atom.